The first-order valence-corrected chi connectivity index (χ1v) is 5.94. The van der Waals surface area contributed by atoms with Gasteiger partial charge in [0.25, 0.3) is 0 Å². The molecular formula is C12H15BrO4. The molecule has 1 rings (SSSR count). The minimum absolute atomic E-state index is 0.0752. The second-order valence-corrected chi connectivity index (χ2v) is 4.53. The molecule has 0 spiro atoms. The Labute approximate surface area is 109 Å². The van der Waals surface area contributed by atoms with Gasteiger partial charge in [0, 0.05) is 11.6 Å². The standard InChI is InChI=1S/C12H15BrO4/c1-8(14)11-4-3-9(13)5-12(11)17-7-10(15)6-16-2/h3-5,10,15H,6-7H2,1-2H3. The van der Waals surface area contributed by atoms with Gasteiger partial charge < -0.3 is 14.6 Å². The molecule has 0 saturated heterocycles. The first-order valence-electron chi connectivity index (χ1n) is 5.15. The third-order valence-corrected chi connectivity index (χ3v) is 2.61. The first-order chi connectivity index (χ1) is 8.04. The Morgan fingerprint density at radius 1 is 1.47 bits per heavy atom. The van der Waals surface area contributed by atoms with Crippen molar-refractivity contribution in [3.8, 4) is 5.75 Å². The van der Waals surface area contributed by atoms with Crippen molar-refractivity contribution in [1.82, 2.24) is 0 Å². The maximum absolute atomic E-state index is 11.4. The van der Waals surface area contributed by atoms with Gasteiger partial charge in [-0.05, 0) is 25.1 Å². The molecule has 1 N–H and O–H groups in total. The monoisotopic (exact) mass is 302 g/mol. The lowest BCUT2D eigenvalue weighted by molar-refractivity contribution is 0.0323. The number of aliphatic hydroxyl groups is 1. The molecule has 0 aliphatic heterocycles. The van der Waals surface area contributed by atoms with E-state index in [2.05, 4.69) is 15.9 Å². The Morgan fingerprint density at radius 2 is 2.18 bits per heavy atom. The van der Waals surface area contributed by atoms with Crippen LogP contribution in [0.25, 0.3) is 0 Å². The zero-order chi connectivity index (χ0) is 12.8. The number of aliphatic hydroxyl groups excluding tert-OH is 1. The van der Waals surface area contributed by atoms with Crippen LogP contribution in [0.3, 0.4) is 0 Å². The first kappa shape index (κ1) is 14.2. The lowest BCUT2D eigenvalue weighted by Gasteiger charge is -2.13. The van der Waals surface area contributed by atoms with Gasteiger partial charge in [-0.1, -0.05) is 15.9 Å². The summed E-state index contributed by atoms with van der Waals surface area (Å²) in [7, 11) is 1.50. The Bertz CT molecular complexity index is 392. The van der Waals surface area contributed by atoms with E-state index in [1.54, 1.807) is 18.2 Å². The summed E-state index contributed by atoms with van der Waals surface area (Å²) in [4.78, 5) is 11.4. The van der Waals surface area contributed by atoms with Gasteiger partial charge in [-0.2, -0.15) is 0 Å². The van der Waals surface area contributed by atoms with E-state index in [1.165, 1.54) is 14.0 Å². The summed E-state index contributed by atoms with van der Waals surface area (Å²) in [5, 5.41) is 9.46. The lowest BCUT2D eigenvalue weighted by Crippen LogP contribution is -2.23. The number of carbonyl (C=O) groups is 1. The number of methoxy groups -OCH3 is 1. The van der Waals surface area contributed by atoms with Gasteiger partial charge in [0.1, 0.15) is 18.5 Å². The Balaban J connectivity index is 2.75. The van der Waals surface area contributed by atoms with Crippen LogP contribution in [0.2, 0.25) is 0 Å². The van der Waals surface area contributed by atoms with Gasteiger partial charge in [-0.25, -0.2) is 0 Å². The van der Waals surface area contributed by atoms with Crippen molar-refractivity contribution in [2.75, 3.05) is 20.3 Å². The Morgan fingerprint density at radius 3 is 2.76 bits per heavy atom. The Kier molecular flexibility index (Phi) is 5.61. The van der Waals surface area contributed by atoms with Crippen LogP contribution in [0.4, 0.5) is 0 Å². The lowest BCUT2D eigenvalue weighted by atomic mass is 10.1. The molecular weight excluding hydrogens is 288 g/mol. The number of carbonyl (C=O) groups excluding carboxylic acids is 1. The van der Waals surface area contributed by atoms with Crippen LogP contribution in [0.15, 0.2) is 22.7 Å². The van der Waals surface area contributed by atoms with Crippen molar-refractivity contribution in [3.05, 3.63) is 28.2 Å². The van der Waals surface area contributed by atoms with Gasteiger partial charge in [0.15, 0.2) is 5.78 Å². The van der Waals surface area contributed by atoms with E-state index in [-0.39, 0.29) is 19.0 Å². The molecule has 4 nitrogen and oxygen atoms in total. The highest BCUT2D eigenvalue weighted by atomic mass is 79.9. The molecule has 0 aliphatic rings. The number of halogens is 1. The van der Waals surface area contributed by atoms with Crippen molar-refractivity contribution < 1.29 is 19.4 Å². The predicted molar refractivity (Wildman–Crippen MR) is 67.5 cm³/mol. The van der Waals surface area contributed by atoms with Crippen LogP contribution < -0.4 is 4.74 Å². The van der Waals surface area contributed by atoms with E-state index >= 15 is 0 Å². The summed E-state index contributed by atoms with van der Waals surface area (Å²) in [6, 6.07) is 5.16. The second-order valence-electron chi connectivity index (χ2n) is 3.62. The second kappa shape index (κ2) is 6.74. The minimum atomic E-state index is -0.709. The average Bonchev–Trinajstić information content (AvgIpc) is 2.26. The van der Waals surface area contributed by atoms with Crippen molar-refractivity contribution in [2.45, 2.75) is 13.0 Å². The molecule has 0 heterocycles. The van der Waals surface area contributed by atoms with Gasteiger partial charge in [0.2, 0.25) is 0 Å². The summed E-state index contributed by atoms with van der Waals surface area (Å²) < 4.78 is 11.0. The van der Waals surface area contributed by atoms with E-state index < -0.39 is 6.10 Å². The number of ether oxygens (including phenoxy) is 2. The molecule has 0 aliphatic carbocycles. The number of rotatable bonds is 6. The topological polar surface area (TPSA) is 55.8 Å². The van der Waals surface area contributed by atoms with Crippen LogP contribution in [-0.2, 0) is 4.74 Å². The number of ketones is 1. The minimum Gasteiger partial charge on any atom is -0.490 e. The zero-order valence-electron chi connectivity index (χ0n) is 9.77. The highest BCUT2D eigenvalue weighted by molar-refractivity contribution is 9.10. The molecule has 0 amide bonds. The third kappa shape index (κ3) is 4.46. The fourth-order valence-corrected chi connectivity index (χ4v) is 1.67. The maximum Gasteiger partial charge on any atom is 0.163 e. The molecule has 0 fully saturated rings. The molecule has 1 aromatic rings. The SMILES string of the molecule is COCC(O)COc1cc(Br)ccc1C(C)=O. The molecule has 0 radical (unpaired) electrons. The van der Waals surface area contributed by atoms with E-state index in [9.17, 15) is 9.90 Å². The number of Topliss-reactive ketones (excluding diaryl/α,β-unsaturated/α-hetero) is 1. The molecule has 94 valence electrons. The Hall–Kier alpha value is -0.910. The average molecular weight is 303 g/mol. The fourth-order valence-electron chi connectivity index (χ4n) is 1.33. The van der Waals surface area contributed by atoms with Crippen LogP contribution >= 0.6 is 15.9 Å². The largest absolute Gasteiger partial charge is 0.490 e. The highest BCUT2D eigenvalue weighted by Gasteiger charge is 2.11. The normalized spacial score (nSPS) is 12.2. The fraction of sp³-hybridized carbons (Fsp3) is 0.417. The van der Waals surface area contributed by atoms with Crippen LogP contribution in [0, 0.1) is 0 Å². The van der Waals surface area contributed by atoms with E-state index in [4.69, 9.17) is 9.47 Å². The van der Waals surface area contributed by atoms with E-state index in [0.29, 0.717) is 11.3 Å². The summed E-state index contributed by atoms with van der Waals surface area (Å²) >= 11 is 3.30. The molecule has 17 heavy (non-hydrogen) atoms. The van der Waals surface area contributed by atoms with E-state index in [1.807, 2.05) is 0 Å². The molecule has 1 atom stereocenters. The van der Waals surface area contributed by atoms with Gasteiger partial charge >= 0.3 is 0 Å². The number of benzene rings is 1. The van der Waals surface area contributed by atoms with Gasteiger partial charge in [0.05, 0.1) is 12.2 Å². The molecule has 5 heteroatoms. The number of hydrogen-bond donors (Lipinski definition) is 1. The maximum atomic E-state index is 11.4. The summed E-state index contributed by atoms with van der Waals surface area (Å²) in [5.74, 6) is 0.385. The zero-order valence-corrected chi connectivity index (χ0v) is 11.4. The van der Waals surface area contributed by atoms with Crippen LogP contribution in [0.1, 0.15) is 17.3 Å². The number of hydrogen-bond acceptors (Lipinski definition) is 4. The van der Waals surface area contributed by atoms with Gasteiger partial charge in [-0.15, -0.1) is 0 Å². The van der Waals surface area contributed by atoms with Crippen LogP contribution in [0.5, 0.6) is 5.75 Å². The van der Waals surface area contributed by atoms with Crippen LogP contribution in [-0.4, -0.2) is 37.3 Å². The van der Waals surface area contributed by atoms with Crippen molar-refractivity contribution >= 4 is 21.7 Å². The van der Waals surface area contributed by atoms with E-state index in [0.717, 1.165) is 4.47 Å². The summed E-state index contributed by atoms with van der Waals surface area (Å²) in [6.45, 7) is 1.76. The van der Waals surface area contributed by atoms with Crippen molar-refractivity contribution in [3.63, 3.8) is 0 Å². The molecule has 0 aromatic heterocycles. The van der Waals surface area contributed by atoms with Crippen molar-refractivity contribution in [1.29, 1.82) is 0 Å². The quantitative estimate of drug-likeness (QED) is 0.817. The molecule has 1 aromatic carbocycles. The summed E-state index contributed by atoms with van der Waals surface area (Å²) in [6.07, 6.45) is -0.709. The highest BCUT2D eigenvalue weighted by Crippen LogP contribution is 2.24. The summed E-state index contributed by atoms with van der Waals surface area (Å²) in [5.41, 5.74) is 0.498. The third-order valence-electron chi connectivity index (χ3n) is 2.11. The molecule has 0 bridgehead atoms. The van der Waals surface area contributed by atoms with Crippen molar-refractivity contribution in [2.24, 2.45) is 0 Å². The predicted octanol–water partition coefficient (Wildman–Crippen LogP) is 2.04. The smallest absolute Gasteiger partial charge is 0.163 e. The van der Waals surface area contributed by atoms with Gasteiger partial charge in [-0.3, -0.25) is 4.79 Å². The molecule has 0 saturated carbocycles. The molecule has 1 unspecified atom stereocenters.